The minimum Gasteiger partial charge on any atom is -0.466 e. The van der Waals surface area contributed by atoms with Crippen LogP contribution < -0.4 is 0 Å². The molecule has 0 spiro atoms. The number of hydrogen-bond donors (Lipinski definition) is 0. The first kappa shape index (κ1) is 13.6. The Balaban J connectivity index is 1.57. The van der Waals surface area contributed by atoms with Gasteiger partial charge in [0, 0.05) is 19.6 Å². The summed E-state index contributed by atoms with van der Waals surface area (Å²) in [6.07, 6.45) is 3.26. The van der Waals surface area contributed by atoms with E-state index in [1.807, 2.05) is 6.92 Å². The molecule has 3 rings (SSSR count). The van der Waals surface area contributed by atoms with Gasteiger partial charge in [-0.3, -0.25) is 4.79 Å². The Morgan fingerprint density at radius 1 is 1.40 bits per heavy atom. The minimum atomic E-state index is -0.174. The highest BCUT2D eigenvalue weighted by Gasteiger charge is 2.58. The number of hydrogen-bond acceptors (Lipinski definition) is 3. The van der Waals surface area contributed by atoms with Gasteiger partial charge in [-0.1, -0.05) is 30.3 Å². The largest absolute Gasteiger partial charge is 0.466 e. The number of rotatable bonds is 5. The maximum atomic E-state index is 12.2. The molecule has 0 amide bonds. The summed E-state index contributed by atoms with van der Waals surface area (Å²) in [4.78, 5) is 14.6. The fraction of sp³-hybridized carbons (Fsp3) is 0.588. The van der Waals surface area contributed by atoms with Gasteiger partial charge in [0.15, 0.2) is 0 Å². The fourth-order valence-electron chi connectivity index (χ4n) is 3.66. The van der Waals surface area contributed by atoms with E-state index in [1.165, 1.54) is 12.0 Å². The Bertz CT molecular complexity index is 473. The fourth-order valence-corrected chi connectivity index (χ4v) is 3.66. The normalized spacial score (nSPS) is 28.8. The molecule has 1 aromatic carbocycles. The molecule has 1 heterocycles. The molecule has 1 saturated carbocycles. The maximum absolute atomic E-state index is 12.2. The lowest BCUT2D eigenvalue weighted by Crippen LogP contribution is -2.47. The van der Waals surface area contributed by atoms with Crippen LogP contribution in [0.4, 0.5) is 0 Å². The van der Waals surface area contributed by atoms with E-state index in [-0.39, 0.29) is 11.4 Å². The molecule has 2 atom stereocenters. The molecule has 1 aliphatic heterocycles. The summed E-state index contributed by atoms with van der Waals surface area (Å²) in [6, 6.07) is 10.6. The van der Waals surface area contributed by atoms with Crippen molar-refractivity contribution in [1.82, 2.24) is 4.90 Å². The molecule has 2 unspecified atom stereocenters. The van der Waals surface area contributed by atoms with Crippen molar-refractivity contribution in [3.8, 4) is 0 Å². The average Bonchev–Trinajstić information content (AvgIpc) is 2.71. The molecule has 0 N–H and O–H groups in total. The molecular formula is C17H23NO2. The van der Waals surface area contributed by atoms with Crippen molar-refractivity contribution in [1.29, 1.82) is 0 Å². The van der Waals surface area contributed by atoms with Gasteiger partial charge in [-0.2, -0.15) is 0 Å². The van der Waals surface area contributed by atoms with Crippen LogP contribution in [-0.4, -0.2) is 37.1 Å². The van der Waals surface area contributed by atoms with E-state index >= 15 is 0 Å². The van der Waals surface area contributed by atoms with Crippen molar-refractivity contribution in [2.75, 3.05) is 26.2 Å². The number of carbonyl (C=O) groups is 1. The van der Waals surface area contributed by atoms with E-state index in [1.54, 1.807) is 0 Å². The van der Waals surface area contributed by atoms with Gasteiger partial charge in [0.05, 0.1) is 12.0 Å². The molecule has 20 heavy (non-hydrogen) atoms. The molecule has 3 heteroatoms. The lowest BCUT2D eigenvalue weighted by atomic mass is 9.62. The van der Waals surface area contributed by atoms with Gasteiger partial charge in [-0.05, 0) is 37.7 Å². The molecule has 1 aromatic rings. The van der Waals surface area contributed by atoms with E-state index < -0.39 is 0 Å². The predicted molar refractivity (Wildman–Crippen MR) is 78.4 cm³/mol. The molecule has 1 saturated heterocycles. The second-order valence-corrected chi connectivity index (χ2v) is 6.08. The molecule has 0 bridgehead atoms. The summed E-state index contributed by atoms with van der Waals surface area (Å²) >= 11 is 0. The molecule has 108 valence electrons. The van der Waals surface area contributed by atoms with Crippen LogP contribution in [-0.2, 0) is 16.0 Å². The molecular weight excluding hydrogens is 250 g/mol. The van der Waals surface area contributed by atoms with E-state index in [0.29, 0.717) is 12.5 Å². The van der Waals surface area contributed by atoms with Crippen LogP contribution in [0.15, 0.2) is 30.3 Å². The summed E-state index contributed by atoms with van der Waals surface area (Å²) in [7, 11) is 0. The van der Waals surface area contributed by atoms with Gasteiger partial charge in [0.25, 0.3) is 0 Å². The van der Waals surface area contributed by atoms with E-state index in [2.05, 4.69) is 35.2 Å². The Morgan fingerprint density at radius 2 is 2.20 bits per heavy atom. The SMILES string of the molecule is CCOC(=O)C12CCC1CN(CCc1ccccc1)C2. The van der Waals surface area contributed by atoms with Crippen molar-refractivity contribution in [2.45, 2.75) is 26.2 Å². The summed E-state index contributed by atoms with van der Waals surface area (Å²) in [6.45, 7) is 5.39. The standard InChI is InChI=1S/C17H23NO2/c1-2-20-16(19)17-10-8-15(17)12-18(13-17)11-9-14-6-4-3-5-7-14/h3-7,15H,2,8-13H2,1H3. The molecule has 0 radical (unpaired) electrons. The summed E-state index contributed by atoms with van der Waals surface area (Å²) < 4.78 is 5.30. The second kappa shape index (κ2) is 5.57. The summed E-state index contributed by atoms with van der Waals surface area (Å²) in [5, 5.41) is 0. The lowest BCUT2D eigenvalue weighted by molar-refractivity contribution is -0.163. The summed E-state index contributed by atoms with van der Waals surface area (Å²) in [5.74, 6) is 0.566. The topological polar surface area (TPSA) is 29.5 Å². The van der Waals surface area contributed by atoms with E-state index in [9.17, 15) is 4.79 Å². The van der Waals surface area contributed by atoms with Crippen molar-refractivity contribution < 1.29 is 9.53 Å². The molecule has 2 fully saturated rings. The third-order valence-corrected chi connectivity index (χ3v) is 4.95. The number of benzene rings is 1. The quantitative estimate of drug-likeness (QED) is 0.772. The first-order valence-corrected chi connectivity index (χ1v) is 7.68. The molecule has 1 aliphatic carbocycles. The van der Waals surface area contributed by atoms with Crippen molar-refractivity contribution in [2.24, 2.45) is 11.3 Å². The monoisotopic (exact) mass is 273 g/mol. The highest BCUT2D eigenvalue weighted by Crippen LogP contribution is 2.52. The second-order valence-electron chi connectivity index (χ2n) is 6.08. The zero-order valence-corrected chi connectivity index (χ0v) is 12.2. The number of esters is 1. The van der Waals surface area contributed by atoms with Crippen LogP contribution in [0.1, 0.15) is 25.3 Å². The Kier molecular flexibility index (Phi) is 3.79. The molecule has 2 aliphatic rings. The van der Waals surface area contributed by atoms with E-state index in [4.69, 9.17) is 4.74 Å². The van der Waals surface area contributed by atoms with Crippen molar-refractivity contribution >= 4 is 5.97 Å². The first-order chi connectivity index (χ1) is 9.74. The van der Waals surface area contributed by atoms with Gasteiger partial charge in [-0.15, -0.1) is 0 Å². The van der Waals surface area contributed by atoms with Crippen LogP contribution >= 0.6 is 0 Å². The van der Waals surface area contributed by atoms with Crippen LogP contribution in [0.25, 0.3) is 0 Å². The third kappa shape index (κ3) is 2.35. The minimum absolute atomic E-state index is 0.0402. The first-order valence-electron chi connectivity index (χ1n) is 7.68. The van der Waals surface area contributed by atoms with Gasteiger partial charge < -0.3 is 9.64 Å². The number of likely N-dealkylation sites (tertiary alicyclic amines) is 1. The smallest absolute Gasteiger partial charge is 0.313 e. The summed E-state index contributed by atoms with van der Waals surface area (Å²) in [5.41, 5.74) is 1.20. The number of fused-ring (bicyclic) bond motifs is 1. The Labute approximate surface area is 120 Å². The number of nitrogens with zero attached hydrogens (tertiary/aromatic N) is 1. The maximum Gasteiger partial charge on any atom is 0.313 e. The highest BCUT2D eigenvalue weighted by molar-refractivity contribution is 5.79. The number of ether oxygens (including phenoxy) is 1. The Morgan fingerprint density at radius 3 is 2.85 bits per heavy atom. The highest BCUT2D eigenvalue weighted by atomic mass is 16.5. The molecule has 0 aromatic heterocycles. The van der Waals surface area contributed by atoms with Gasteiger partial charge in [-0.25, -0.2) is 0 Å². The predicted octanol–water partition coefficient (Wildman–Crippen LogP) is 2.50. The molecule has 3 nitrogen and oxygen atoms in total. The van der Waals surface area contributed by atoms with Crippen LogP contribution in [0.5, 0.6) is 0 Å². The Hall–Kier alpha value is -1.35. The van der Waals surface area contributed by atoms with Crippen LogP contribution in [0.3, 0.4) is 0 Å². The lowest BCUT2D eigenvalue weighted by Gasteiger charge is -2.41. The van der Waals surface area contributed by atoms with Gasteiger partial charge in [0.1, 0.15) is 0 Å². The zero-order valence-electron chi connectivity index (χ0n) is 12.2. The average molecular weight is 273 g/mol. The van der Waals surface area contributed by atoms with Gasteiger partial charge >= 0.3 is 5.97 Å². The zero-order chi connectivity index (χ0) is 14.0. The third-order valence-electron chi connectivity index (χ3n) is 4.95. The van der Waals surface area contributed by atoms with Crippen molar-refractivity contribution in [3.63, 3.8) is 0 Å². The van der Waals surface area contributed by atoms with Gasteiger partial charge in [0.2, 0.25) is 0 Å². The van der Waals surface area contributed by atoms with Crippen LogP contribution in [0, 0.1) is 11.3 Å². The number of carbonyl (C=O) groups excluding carboxylic acids is 1. The van der Waals surface area contributed by atoms with Crippen LogP contribution in [0.2, 0.25) is 0 Å². The van der Waals surface area contributed by atoms with Crippen molar-refractivity contribution in [3.05, 3.63) is 35.9 Å². The van der Waals surface area contributed by atoms with E-state index in [0.717, 1.165) is 32.5 Å².